The summed E-state index contributed by atoms with van der Waals surface area (Å²) in [5.74, 6) is 0.130. The number of aromatic nitrogens is 1. The van der Waals surface area contributed by atoms with Gasteiger partial charge in [0.1, 0.15) is 12.4 Å². The van der Waals surface area contributed by atoms with Gasteiger partial charge in [-0.15, -0.1) is 0 Å². The molecule has 0 unspecified atom stereocenters. The van der Waals surface area contributed by atoms with E-state index in [2.05, 4.69) is 17.0 Å². The van der Waals surface area contributed by atoms with Crippen LogP contribution in [0.25, 0.3) is 22.0 Å². The Balaban J connectivity index is 1.85. The van der Waals surface area contributed by atoms with Gasteiger partial charge in [-0.3, -0.25) is 9.78 Å². The zero-order valence-corrected chi connectivity index (χ0v) is 16.8. The molecule has 0 fully saturated rings. The van der Waals surface area contributed by atoms with Crippen molar-refractivity contribution in [3.8, 4) is 16.9 Å². The van der Waals surface area contributed by atoms with Gasteiger partial charge in [0.05, 0.1) is 24.2 Å². The molecule has 1 aromatic heterocycles. The molecule has 1 N–H and O–H groups in total. The molecule has 0 amide bonds. The number of pyridine rings is 1. The third-order valence-electron chi connectivity index (χ3n) is 6.10. The SMILES string of the molecule is Cc1ccc2c(-c3ccc4c5c3CCCN5CCO4)c(CC(=O)O)c(C)cc2n1. The minimum Gasteiger partial charge on any atom is -0.490 e. The van der Waals surface area contributed by atoms with E-state index in [-0.39, 0.29) is 6.42 Å². The van der Waals surface area contributed by atoms with E-state index in [9.17, 15) is 9.90 Å². The molecule has 0 spiro atoms. The van der Waals surface area contributed by atoms with Crippen molar-refractivity contribution in [1.82, 2.24) is 4.98 Å². The Morgan fingerprint density at radius 3 is 2.90 bits per heavy atom. The molecule has 0 aliphatic carbocycles. The second kappa shape index (κ2) is 6.76. The van der Waals surface area contributed by atoms with Crippen LogP contribution >= 0.6 is 0 Å². The van der Waals surface area contributed by atoms with Crippen LogP contribution in [0.2, 0.25) is 0 Å². The van der Waals surface area contributed by atoms with Crippen LogP contribution in [0.3, 0.4) is 0 Å². The Hall–Kier alpha value is -3.08. The first kappa shape index (κ1) is 18.0. The molecule has 0 radical (unpaired) electrons. The van der Waals surface area contributed by atoms with E-state index in [0.717, 1.165) is 70.5 Å². The Labute approximate surface area is 169 Å². The summed E-state index contributed by atoms with van der Waals surface area (Å²) in [6.45, 7) is 6.64. The van der Waals surface area contributed by atoms with Gasteiger partial charge in [-0.05, 0) is 72.7 Å². The Morgan fingerprint density at radius 2 is 2.07 bits per heavy atom. The number of carbonyl (C=O) groups is 1. The average molecular weight is 388 g/mol. The molecule has 2 aromatic carbocycles. The lowest BCUT2D eigenvalue weighted by Crippen LogP contribution is -2.37. The molecule has 29 heavy (non-hydrogen) atoms. The fourth-order valence-electron chi connectivity index (χ4n) is 4.85. The highest BCUT2D eigenvalue weighted by Crippen LogP contribution is 2.46. The highest BCUT2D eigenvalue weighted by molar-refractivity contribution is 6.00. The number of anilines is 1. The zero-order chi connectivity index (χ0) is 20.1. The number of rotatable bonds is 3. The molecular weight excluding hydrogens is 364 g/mol. The maximum atomic E-state index is 11.7. The quantitative estimate of drug-likeness (QED) is 0.725. The van der Waals surface area contributed by atoms with Crippen LogP contribution < -0.4 is 9.64 Å². The molecule has 3 aromatic rings. The minimum atomic E-state index is -0.815. The third-order valence-corrected chi connectivity index (χ3v) is 6.10. The van der Waals surface area contributed by atoms with Crippen LogP contribution in [0, 0.1) is 13.8 Å². The normalized spacial score (nSPS) is 15.2. The van der Waals surface area contributed by atoms with Crippen molar-refractivity contribution in [3.63, 3.8) is 0 Å². The van der Waals surface area contributed by atoms with Gasteiger partial charge in [-0.2, -0.15) is 0 Å². The van der Waals surface area contributed by atoms with Crippen molar-refractivity contribution in [2.75, 3.05) is 24.6 Å². The zero-order valence-electron chi connectivity index (χ0n) is 16.8. The van der Waals surface area contributed by atoms with E-state index in [1.165, 1.54) is 11.3 Å². The highest BCUT2D eigenvalue weighted by atomic mass is 16.5. The van der Waals surface area contributed by atoms with Gasteiger partial charge >= 0.3 is 5.97 Å². The van der Waals surface area contributed by atoms with E-state index < -0.39 is 5.97 Å². The number of hydrogen-bond donors (Lipinski definition) is 1. The van der Waals surface area contributed by atoms with Crippen LogP contribution in [-0.2, 0) is 17.6 Å². The molecule has 0 bridgehead atoms. The van der Waals surface area contributed by atoms with Gasteiger partial charge in [-0.25, -0.2) is 0 Å². The van der Waals surface area contributed by atoms with Crippen molar-refractivity contribution >= 4 is 22.6 Å². The van der Waals surface area contributed by atoms with Crippen molar-refractivity contribution in [3.05, 3.63) is 52.7 Å². The number of benzene rings is 2. The fraction of sp³-hybridized carbons (Fsp3) is 0.333. The maximum absolute atomic E-state index is 11.7. The summed E-state index contributed by atoms with van der Waals surface area (Å²) in [6.07, 6.45) is 2.07. The number of aryl methyl sites for hydroxylation is 2. The summed E-state index contributed by atoms with van der Waals surface area (Å²) in [6, 6.07) is 10.3. The molecule has 148 valence electrons. The van der Waals surface area contributed by atoms with Crippen LogP contribution in [0.4, 0.5) is 5.69 Å². The van der Waals surface area contributed by atoms with Gasteiger partial charge in [0, 0.05) is 17.6 Å². The topological polar surface area (TPSA) is 62.7 Å². The molecule has 5 nitrogen and oxygen atoms in total. The molecule has 0 saturated heterocycles. The van der Waals surface area contributed by atoms with Crippen molar-refractivity contribution in [1.29, 1.82) is 0 Å². The third kappa shape index (κ3) is 2.92. The van der Waals surface area contributed by atoms with E-state index in [1.807, 2.05) is 32.0 Å². The van der Waals surface area contributed by atoms with E-state index >= 15 is 0 Å². The minimum absolute atomic E-state index is 0.00171. The molecule has 0 atom stereocenters. The van der Waals surface area contributed by atoms with E-state index in [0.29, 0.717) is 6.61 Å². The van der Waals surface area contributed by atoms with E-state index in [4.69, 9.17) is 9.72 Å². The first-order chi connectivity index (χ1) is 14.0. The first-order valence-corrected chi connectivity index (χ1v) is 10.2. The predicted molar refractivity (Wildman–Crippen MR) is 114 cm³/mol. The Bertz CT molecular complexity index is 1150. The summed E-state index contributed by atoms with van der Waals surface area (Å²) in [7, 11) is 0. The lowest BCUT2D eigenvalue weighted by molar-refractivity contribution is -0.136. The number of carboxylic acids is 1. The van der Waals surface area contributed by atoms with Gasteiger partial charge < -0.3 is 14.7 Å². The van der Waals surface area contributed by atoms with Gasteiger partial charge in [0.25, 0.3) is 0 Å². The molecule has 2 aliphatic heterocycles. The first-order valence-electron chi connectivity index (χ1n) is 10.2. The number of hydrogen-bond acceptors (Lipinski definition) is 4. The number of nitrogens with zero attached hydrogens (tertiary/aromatic N) is 2. The highest BCUT2D eigenvalue weighted by Gasteiger charge is 2.29. The van der Waals surface area contributed by atoms with Gasteiger partial charge in [0.15, 0.2) is 0 Å². The summed E-state index contributed by atoms with van der Waals surface area (Å²) in [5, 5.41) is 10.6. The number of fused-ring (bicyclic) bond motifs is 1. The van der Waals surface area contributed by atoms with Crippen LogP contribution in [0.15, 0.2) is 30.3 Å². The standard InChI is InChI=1S/C24H24N2O3/c1-14-12-20-18(6-5-15(2)25-20)23(19(14)13-22(27)28)16-7-8-21-24-17(16)4-3-9-26(24)10-11-29-21/h5-8,12H,3-4,9-11,13H2,1-2H3,(H,27,28). The maximum Gasteiger partial charge on any atom is 0.307 e. The largest absolute Gasteiger partial charge is 0.490 e. The molecule has 5 rings (SSSR count). The van der Waals surface area contributed by atoms with Crippen molar-refractivity contribution in [2.45, 2.75) is 33.1 Å². The molecule has 2 aliphatic rings. The lowest BCUT2D eigenvalue weighted by atomic mass is 9.84. The second-order valence-electron chi connectivity index (χ2n) is 8.01. The van der Waals surface area contributed by atoms with Crippen molar-refractivity contribution < 1.29 is 14.6 Å². The molecule has 5 heteroatoms. The monoisotopic (exact) mass is 388 g/mol. The smallest absolute Gasteiger partial charge is 0.307 e. The van der Waals surface area contributed by atoms with E-state index in [1.54, 1.807) is 0 Å². The molecule has 0 saturated carbocycles. The summed E-state index contributed by atoms with van der Waals surface area (Å²) in [4.78, 5) is 18.8. The second-order valence-corrected chi connectivity index (χ2v) is 8.01. The fourth-order valence-corrected chi connectivity index (χ4v) is 4.85. The number of aliphatic carboxylic acids is 1. The summed E-state index contributed by atoms with van der Waals surface area (Å²) < 4.78 is 5.93. The average Bonchev–Trinajstić information content (AvgIpc) is 2.69. The molecule has 3 heterocycles. The molecular formula is C24H24N2O3. The van der Waals surface area contributed by atoms with Crippen LogP contribution in [-0.4, -0.2) is 35.8 Å². The van der Waals surface area contributed by atoms with Gasteiger partial charge in [-0.1, -0.05) is 12.1 Å². The van der Waals surface area contributed by atoms with Crippen molar-refractivity contribution in [2.24, 2.45) is 0 Å². The lowest BCUT2D eigenvalue weighted by Gasteiger charge is -2.37. The van der Waals surface area contributed by atoms with Gasteiger partial charge in [0.2, 0.25) is 0 Å². The van der Waals surface area contributed by atoms with Crippen LogP contribution in [0.1, 0.15) is 28.8 Å². The predicted octanol–water partition coefficient (Wildman–Crippen LogP) is 4.29. The Kier molecular flexibility index (Phi) is 4.19. The summed E-state index contributed by atoms with van der Waals surface area (Å²) in [5.41, 5.74) is 8.32. The summed E-state index contributed by atoms with van der Waals surface area (Å²) >= 11 is 0. The van der Waals surface area contributed by atoms with Crippen LogP contribution in [0.5, 0.6) is 5.75 Å². The number of carboxylic acid groups (broad SMARTS) is 1. The number of ether oxygens (including phenoxy) is 1. The Morgan fingerprint density at radius 1 is 1.21 bits per heavy atom.